The number of rotatable bonds is 5. The number of fused-ring (bicyclic) bond motifs is 1. The summed E-state index contributed by atoms with van der Waals surface area (Å²) in [4.78, 5) is 38.8. The van der Waals surface area contributed by atoms with E-state index < -0.39 is 12.1 Å². The molecule has 6 nitrogen and oxygen atoms in total. The van der Waals surface area contributed by atoms with Gasteiger partial charge in [-0.1, -0.05) is 30.3 Å². The molecular weight excluding hydrogens is 364 g/mol. The van der Waals surface area contributed by atoms with Crippen LogP contribution in [0.4, 0.5) is 5.69 Å². The number of anilines is 1. The second-order valence-electron chi connectivity index (χ2n) is 6.28. The topological polar surface area (TPSA) is 75.7 Å². The normalized spacial score (nSPS) is 13.9. The standard InChI is InChI=1S/C20H20N2O4S/c1-13(19(24)22(2)11-14-6-4-3-5-7-14)26-20(25)15-8-9-17-16(10-15)21-18(23)12-27-17/h3-10,13H,11-12H2,1-2H3,(H,21,23). The first-order valence-corrected chi connectivity index (χ1v) is 9.49. The molecule has 1 aliphatic heterocycles. The number of amides is 2. The highest BCUT2D eigenvalue weighted by Gasteiger charge is 2.23. The van der Waals surface area contributed by atoms with Crippen LogP contribution in [0.2, 0.25) is 0 Å². The molecule has 0 saturated heterocycles. The van der Waals surface area contributed by atoms with Crippen LogP contribution in [-0.4, -0.2) is 41.6 Å². The molecule has 0 aliphatic carbocycles. The summed E-state index contributed by atoms with van der Waals surface area (Å²) < 4.78 is 5.33. The largest absolute Gasteiger partial charge is 0.449 e. The second kappa shape index (κ2) is 8.26. The molecule has 0 fully saturated rings. The van der Waals surface area contributed by atoms with Crippen molar-refractivity contribution in [1.29, 1.82) is 0 Å². The number of benzene rings is 2. The van der Waals surface area contributed by atoms with Gasteiger partial charge in [0.15, 0.2) is 6.10 Å². The van der Waals surface area contributed by atoms with Crippen LogP contribution in [0.3, 0.4) is 0 Å². The number of hydrogen-bond acceptors (Lipinski definition) is 5. The Hall–Kier alpha value is -2.80. The average Bonchev–Trinajstić information content (AvgIpc) is 2.67. The van der Waals surface area contributed by atoms with Crippen LogP contribution in [0, 0.1) is 0 Å². The zero-order chi connectivity index (χ0) is 19.4. The number of esters is 1. The Labute approximate surface area is 161 Å². The van der Waals surface area contributed by atoms with Gasteiger partial charge in [-0.05, 0) is 30.7 Å². The molecule has 2 aromatic carbocycles. The summed E-state index contributed by atoms with van der Waals surface area (Å²) >= 11 is 1.42. The number of carbonyl (C=O) groups excluding carboxylic acids is 3. The van der Waals surface area contributed by atoms with E-state index >= 15 is 0 Å². The maximum Gasteiger partial charge on any atom is 0.338 e. The lowest BCUT2D eigenvalue weighted by Gasteiger charge is -2.22. The highest BCUT2D eigenvalue weighted by molar-refractivity contribution is 8.00. The number of nitrogens with one attached hydrogen (secondary N) is 1. The fraction of sp³-hybridized carbons (Fsp3) is 0.250. The molecule has 1 heterocycles. The number of thioether (sulfide) groups is 1. The van der Waals surface area contributed by atoms with E-state index in [4.69, 9.17) is 4.74 Å². The first-order chi connectivity index (χ1) is 12.9. The summed E-state index contributed by atoms with van der Waals surface area (Å²) in [7, 11) is 1.67. The van der Waals surface area contributed by atoms with E-state index in [-0.39, 0.29) is 11.8 Å². The molecule has 0 saturated carbocycles. The number of ether oxygens (including phenoxy) is 1. The van der Waals surface area contributed by atoms with Gasteiger partial charge in [-0.15, -0.1) is 11.8 Å². The fourth-order valence-electron chi connectivity index (χ4n) is 2.73. The van der Waals surface area contributed by atoms with Gasteiger partial charge in [0.1, 0.15) is 0 Å². The van der Waals surface area contributed by atoms with Gasteiger partial charge in [0.05, 0.1) is 17.0 Å². The van der Waals surface area contributed by atoms with Crippen molar-refractivity contribution in [2.75, 3.05) is 18.1 Å². The number of carbonyl (C=O) groups is 3. The number of hydrogen-bond donors (Lipinski definition) is 1. The van der Waals surface area contributed by atoms with Crippen LogP contribution in [0.25, 0.3) is 0 Å². The Kier molecular flexibility index (Phi) is 5.81. The molecule has 27 heavy (non-hydrogen) atoms. The van der Waals surface area contributed by atoms with E-state index in [2.05, 4.69) is 5.32 Å². The lowest BCUT2D eigenvalue weighted by atomic mass is 10.2. The SMILES string of the molecule is CC(OC(=O)c1ccc2c(c1)NC(=O)CS2)C(=O)N(C)Cc1ccccc1. The van der Waals surface area contributed by atoms with Crippen molar-refractivity contribution in [3.8, 4) is 0 Å². The quantitative estimate of drug-likeness (QED) is 0.802. The van der Waals surface area contributed by atoms with Crippen LogP contribution in [-0.2, 0) is 20.9 Å². The predicted molar refractivity (Wildman–Crippen MR) is 104 cm³/mol. The van der Waals surface area contributed by atoms with Crippen LogP contribution in [0.1, 0.15) is 22.8 Å². The lowest BCUT2D eigenvalue weighted by Crippen LogP contribution is -2.37. The molecule has 140 valence electrons. The van der Waals surface area contributed by atoms with Crippen molar-refractivity contribution in [1.82, 2.24) is 4.90 Å². The van der Waals surface area contributed by atoms with Gasteiger partial charge in [-0.25, -0.2) is 4.79 Å². The van der Waals surface area contributed by atoms with Gasteiger partial charge >= 0.3 is 5.97 Å². The number of nitrogens with zero attached hydrogens (tertiary/aromatic N) is 1. The van der Waals surface area contributed by atoms with Crippen molar-refractivity contribution in [3.05, 3.63) is 59.7 Å². The molecular formula is C20H20N2O4S. The van der Waals surface area contributed by atoms with E-state index in [1.165, 1.54) is 16.7 Å². The molecule has 0 aromatic heterocycles. The van der Waals surface area contributed by atoms with E-state index in [9.17, 15) is 14.4 Å². The maximum atomic E-state index is 12.5. The van der Waals surface area contributed by atoms with E-state index in [0.29, 0.717) is 23.5 Å². The molecule has 2 aromatic rings. The Morgan fingerprint density at radius 2 is 1.96 bits per heavy atom. The molecule has 1 unspecified atom stereocenters. The van der Waals surface area contributed by atoms with Gasteiger partial charge in [0, 0.05) is 18.5 Å². The van der Waals surface area contributed by atoms with Crippen LogP contribution in [0.5, 0.6) is 0 Å². The minimum atomic E-state index is -0.911. The summed E-state index contributed by atoms with van der Waals surface area (Å²) in [6.07, 6.45) is -0.911. The smallest absolute Gasteiger partial charge is 0.338 e. The molecule has 2 amide bonds. The molecule has 7 heteroatoms. The molecule has 0 radical (unpaired) electrons. The highest BCUT2D eigenvalue weighted by atomic mass is 32.2. The summed E-state index contributed by atoms with van der Waals surface area (Å²) in [6.45, 7) is 1.99. The zero-order valence-corrected chi connectivity index (χ0v) is 15.9. The predicted octanol–water partition coefficient (Wildman–Crippen LogP) is 2.93. The van der Waals surface area contributed by atoms with E-state index in [1.54, 1.807) is 32.2 Å². The average molecular weight is 384 g/mol. The summed E-state index contributed by atoms with van der Waals surface area (Å²) in [5, 5.41) is 2.73. The maximum absolute atomic E-state index is 12.5. The van der Waals surface area contributed by atoms with Crippen molar-refractivity contribution >= 4 is 35.2 Å². The Bertz CT molecular complexity index is 870. The van der Waals surface area contributed by atoms with E-state index in [1.807, 2.05) is 30.3 Å². The molecule has 3 rings (SSSR count). The number of likely N-dealkylation sites (N-methyl/N-ethyl adjacent to an activating group) is 1. The molecule has 0 spiro atoms. The van der Waals surface area contributed by atoms with Gasteiger partial charge < -0.3 is 15.0 Å². The first kappa shape index (κ1) is 19.0. The minimum Gasteiger partial charge on any atom is -0.449 e. The molecule has 1 aliphatic rings. The monoisotopic (exact) mass is 384 g/mol. The Morgan fingerprint density at radius 3 is 2.70 bits per heavy atom. The first-order valence-electron chi connectivity index (χ1n) is 8.50. The van der Waals surface area contributed by atoms with Gasteiger partial charge in [-0.2, -0.15) is 0 Å². The van der Waals surface area contributed by atoms with Gasteiger partial charge in [0.2, 0.25) is 5.91 Å². The summed E-state index contributed by atoms with van der Waals surface area (Å²) in [5.41, 5.74) is 1.88. The Balaban J connectivity index is 1.62. The van der Waals surface area contributed by atoms with Crippen molar-refractivity contribution in [2.45, 2.75) is 24.5 Å². The van der Waals surface area contributed by atoms with Crippen molar-refractivity contribution < 1.29 is 19.1 Å². The van der Waals surface area contributed by atoms with Gasteiger partial charge in [-0.3, -0.25) is 9.59 Å². The fourth-order valence-corrected chi connectivity index (χ4v) is 3.52. The van der Waals surface area contributed by atoms with Crippen molar-refractivity contribution in [2.24, 2.45) is 0 Å². The minimum absolute atomic E-state index is 0.107. The molecule has 1 atom stereocenters. The summed E-state index contributed by atoms with van der Waals surface area (Å²) in [5.74, 6) is -0.634. The highest BCUT2D eigenvalue weighted by Crippen LogP contribution is 2.32. The third-order valence-corrected chi connectivity index (χ3v) is 5.19. The second-order valence-corrected chi connectivity index (χ2v) is 7.29. The van der Waals surface area contributed by atoms with E-state index in [0.717, 1.165) is 10.5 Å². The lowest BCUT2D eigenvalue weighted by molar-refractivity contribution is -0.139. The molecule has 0 bridgehead atoms. The zero-order valence-electron chi connectivity index (χ0n) is 15.1. The third-order valence-electron chi connectivity index (χ3n) is 4.12. The summed E-state index contributed by atoms with van der Waals surface area (Å²) in [6, 6.07) is 14.6. The van der Waals surface area contributed by atoms with Gasteiger partial charge in [0.25, 0.3) is 5.91 Å². The molecule has 1 N–H and O–H groups in total. The Morgan fingerprint density at radius 1 is 1.22 bits per heavy atom. The third kappa shape index (κ3) is 4.68. The van der Waals surface area contributed by atoms with Crippen LogP contribution < -0.4 is 5.32 Å². The van der Waals surface area contributed by atoms with Crippen LogP contribution in [0.15, 0.2) is 53.4 Å². The van der Waals surface area contributed by atoms with Crippen molar-refractivity contribution in [3.63, 3.8) is 0 Å². The van der Waals surface area contributed by atoms with Crippen LogP contribution >= 0.6 is 11.8 Å².